The van der Waals surface area contributed by atoms with Crippen molar-refractivity contribution in [1.29, 1.82) is 0 Å². The van der Waals surface area contributed by atoms with E-state index in [0.29, 0.717) is 32.1 Å². The van der Waals surface area contributed by atoms with Crippen LogP contribution >= 0.6 is 0 Å². The molecule has 1 unspecified atom stereocenters. The molecule has 4 N–H and O–H groups in total. The third-order valence-electron chi connectivity index (χ3n) is 6.16. The number of aliphatic hydroxyl groups excluding tert-OH is 3. The van der Waals surface area contributed by atoms with Crippen LogP contribution in [0.25, 0.3) is 0 Å². The fourth-order valence-corrected chi connectivity index (χ4v) is 4.51. The first-order valence-corrected chi connectivity index (χ1v) is 10.8. The van der Waals surface area contributed by atoms with E-state index in [1.807, 2.05) is 24.3 Å². The lowest BCUT2D eigenvalue weighted by Crippen LogP contribution is -2.24. The van der Waals surface area contributed by atoms with Gasteiger partial charge in [-0.1, -0.05) is 31.4 Å². The van der Waals surface area contributed by atoms with Crippen molar-refractivity contribution in [3.8, 4) is 5.75 Å². The number of ether oxygens (including phenoxy) is 1. The van der Waals surface area contributed by atoms with Crippen LogP contribution in [0.4, 0.5) is 0 Å². The molecular weight excluding hydrogens is 372 g/mol. The van der Waals surface area contributed by atoms with Crippen LogP contribution in [-0.2, 0) is 11.2 Å². The predicted molar refractivity (Wildman–Crippen MR) is 111 cm³/mol. The second-order valence-electron chi connectivity index (χ2n) is 8.33. The molecule has 164 valence electrons. The van der Waals surface area contributed by atoms with Crippen molar-refractivity contribution in [3.05, 3.63) is 29.8 Å². The summed E-state index contributed by atoms with van der Waals surface area (Å²) in [7, 11) is 1.62. The number of aliphatic hydroxyl groups is 3. The molecule has 5 atom stereocenters. The van der Waals surface area contributed by atoms with E-state index >= 15 is 0 Å². The fraction of sp³-hybridized carbons (Fsp3) is 0.696. The monoisotopic (exact) mass is 408 g/mol. The van der Waals surface area contributed by atoms with Crippen molar-refractivity contribution in [2.24, 2.45) is 11.8 Å². The number of carboxylic acids is 1. The van der Waals surface area contributed by atoms with Crippen LogP contribution in [0.3, 0.4) is 0 Å². The van der Waals surface area contributed by atoms with Crippen molar-refractivity contribution in [3.63, 3.8) is 0 Å². The summed E-state index contributed by atoms with van der Waals surface area (Å²) in [4.78, 5) is 10.5. The van der Waals surface area contributed by atoms with Gasteiger partial charge in [0.05, 0.1) is 25.4 Å². The van der Waals surface area contributed by atoms with Crippen LogP contribution < -0.4 is 4.74 Å². The molecule has 6 nitrogen and oxygen atoms in total. The number of benzene rings is 1. The van der Waals surface area contributed by atoms with Crippen molar-refractivity contribution in [2.45, 2.75) is 82.5 Å². The van der Waals surface area contributed by atoms with E-state index in [0.717, 1.165) is 37.0 Å². The summed E-state index contributed by atoms with van der Waals surface area (Å²) < 4.78 is 5.15. The van der Waals surface area contributed by atoms with Gasteiger partial charge in [-0.2, -0.15) is 0 Å². The molecule has 1 aliphatic rings. The van der Waals surface area contributed by atoms with Crippen molar-refractivity contribution >= 4 is 5.97 Å². The Balaban J connectivity index is 1.74. The van der Waals surface area contributed by atoms with Gasteiger partial charge in [0, 0.05) is 6.42 Å². The highest BCUT2D eigenvalue weighted by atomic mass is 16.5. The van der Waals surface area contributed by atoms with Crippen molar-refractivity contribution in [1.82, 2.24) is 0 Å². The minimum atomic E-state index is -0.757. The summed E-state index contributed by atoms with van der Waals surface area (Å²) >= 11 is 0. The molecule has 0 aromatic heterocycles. The molecule has 1 aromatic rings. The molecule has 0 heterocycles. The molecule has 6 heteroatoms. The third kappa shape index (κ3) is 7.96. The molecule has 29 heavy (non-hydrogen) atoms. The smallest absolute Gasteiger partial charge is 0.303 e. The van der Waals surface area contributed by atoms with Crippen LogP contribution in [0.15, 0.2) is 24.3 Å². The number of carbonyl (C=O) groups is 1. The van der Waals surface area contributed by atoms with Gasteiger partial charge in [0.25, 0.3) is 0 Å². The highest BCUT2D eigenvalue weighted by Gasteiger charge is 2.40. The number of hydrogen-bond acceptors (Lipinski definition) is 5. The van der Waals surface area contributed by atoms with Gasteiger partial charge >= 0.3 is 5.97 Å². The Morgan fingerprint density at radius 2 is 1.66 bits per heavy atom. The number of aliphatic carboxylic acids is 1. The second kappa shape index (κ2) is 12.2. The van der Waals surface area contributed by atoms with Gasteiger partial charge in [-0.25, -0.2) is 0 Å². The van der Waals surface area contributed by atoms with E-state index in [1.165, 1.54) is 0 Å². The van der Waals surface area contributed by atoms with E-state index in [9.17, 15) is 20.1 Å². The van der Waals surface area contributed by atoms with E-state index < -0.39 is 24.3 Å². The minimum absolute atomic E-state index is 0.00883. The Labute approximate surface area is 173 Å². The van der Waals surface area contributed by atoms with Crippen molar-refractivity contribution < 1.29 is 30.0 Å². The molecule has 1 saturated carbocycles. The number of carboxylic acid groups (broad SMARTS) is 1. The van der Waals surface area contributed by atoms with Crippen molar-refractivity contribution in [2.75, 3.05) is 7.11 Å². The van der Waals surface area contributed by atoms with Gasteiger partial charge in [-0.15, -0.1) is 0 Å². The first kappa shape index (κ1) is 23.6. The predicted octanol–water partition coefficient (Wildman–Crippen LogP) is 3.16. The molecule has 1 fully saturated rings. The average molecular weight is 409 g/mol. The number of rotatable bonds is 13. The zero-order valence-electron chi connectivity index (χ0n) is 17.4. The zero-order chi connectivity index (χ0) is 21.2. The van der Waals surface area contributed by atoms with E-state index in [-0.39, 0.29) is 18.3 Å². The summed E-state index contributed by atoms with van der Waals surface area (Å²) in [5.74, 6) is 0.0944. The summed E-state index contributed by atoms with van der Waals surface area (Å²) in [5, 5.41) is 39.8. The van der Waals surface area contributed by atoms with Gasteiger partial charge in [0.1, 0.15) is 5.75 Å². The molecule has 0 radical (unpaired) electrons. The van der Waals surface area contributed by atoms with Crippen LogP contribution in [0, 0.1) is 11.8 Å². The molecule has 0 amide bonds. The summed E-state index contributed by atoms with van der Waals surface area (Å²) in [6.07, 6.45) is 5.24. The first-order chi connectivity index (χ1) is 13.9. The molecule has 1 aliphatic carbocycles. The van der Waals surface area contributed by atoms with E-state index in [4.69, 9.17) is 9.84 Å². The Bertz CT molecular complexity index is 602. The first-order valence-electron chi connectivity index (χ1n) is 10.8. The average Bonchev–Trinajstić information content (AvgIpc) is 2.95. The standard InChI is InChI=1S/C23H36O6/c1-29-18-11-8-16(9-12-18)14-17(24)10-13-20-19(21(25)15-22(20)26)6-4-2-3-5-7-23(27)28/h8-9,11-12,17,19-22,24-26H,2-7,10,13-15H2,1H3,(H,27,28)/t17?,19-,20-,21+,22-/m1/s1. The molecule has 2 rings (SSSR count). The van der Waals surface area contributed by atoms with Gasteiger partial charge < -0.3 is 25.2 Å². The Hall–Kier alpha value is -1.63. The van der Waals surface area contributed by atoms with E-state index in [1.54, 1.807) is 7.11 Å². The number of hydrogen-bond donors (Lipinski definition) is 4. The second-order valence-corrected chi connectivity index (χ2v) is 8.33. The Kier molecular flexibility index (Phi) is 9.91. The fourth-order valence-electron chi connectivity index (χ4n) is 4.51. The summed E-state index contributed by atoms with van der Waals surface area (Å²) in [6.45, 7) is 0. The summed E-state index contributed by atoms with van der Waals surface area (Å²) in [6, 6.07) is 7.66. The molecule has 1 aromatic carbocycles. The SMILES string of the molecule is COc1ccc(CC(O)CC[C@@H]2[C@@H](CCCCCCC(=O)O)[C@@H](O)C[C@H]2O)cc1. The van der Waals surface area contributed by atoms with Crippen LogP contribution in [0.1, 0.15) is 63.4 Å². The highest BCUT2D eigenvalue weighted by Crippen LogP contribution is 2.39. The maximum Gasteiger partial charge on any atom is 0.303 e. The lowest BCUT2D eigenvalue weighted by Gasteiger charge is -2.24. The third-order valence-corrected chi connectivity index (χ3v) is 6.16. The van der Waals surface area contributed by atoms with Gasteiger partial charge in [0.15, 0.2) is 0 Å². The molecule has 0 aliphatic heterocycles. The van der Waals surface area contributed by atoms with Gasteiger partial charge in [0.2, 0.25) is 0 Å². The summed E-state index contributed by atoms with van der Waals surface area (Å²) in [5.41, 5.74) is 1.04. The number of methoxy groups -OCH3 is 1. The molecule has 0 saturated heterocycles. The maximum absolute atomic E-state index is 10.5. The zero-order valence-corrected chi connectivity index (χ0v) is 17.4. The highest BCUT2D eigenvalue weighted by molar-refractivity contribution is 5.66. The normalized spacial score (nSPS) is 25.1. The molecule has 0 bridgehead atoms. The van der Waals surface area contributed by atoms with Crippen LogP contribution in [0.2, 0.25) is 0 Å². The number of unbranched alkanes of at least 4 members (excludes halogenated alkanes) is 3. The lowest BCUT2D eigenvalue weighted by atomic mass is 9.84. The van der Waals surface area contributed by atoms with E-state index in [2.05, 4.69) is 0 Å². The Morgan fingerprint density at radius 3 is 2.28 bits per heavy atom. The largest absolute Gasteiger partial charge is 0.497 e. The van der Waals surface area contributed by atoms with Crippen LogP contribution in [0.5, 0.6) is 5.75 Å². The maximum atomic E-state index is 10.5. The Morgan fingerprint density at radius 1 is 1.03 bits per heavy atom. The minimum Gasteiger partial charge on any atom is -0.497 e. The van der Waals surface area contributed by atoms with Gasteiger partial charge in [-0.05, 0) is 68.1 Å². The quantitative estimate of drug-likeness (QED) is 0.374. The molecule has 0 spiro atoms. The van der Waals surface area contributed by atoms with Gasteiger partial charge in [-0.3, -0.25) is 4.79 Å². The molecular formula is C23H36O6. The lowest BCUT2D eigenvalue weighted by molar-refractivity contribution is -0.137. The topological polar surface area (TPSA) is 107 Å². The van der Waals surface area contributed by atoms with Crippen LogP contribution in [-0.4, -0.2) is 51.8 Å².